The minimum atomic E-state index is 0.522. The van der Waals surface area contributed by atoms with E-state index in [4.69, 9.17) is 4.98 Å². The Balaban J connectivity index is 2.15. The number of pyridine rings is 1. The molecule has 1 aliphatic heterocycles. The lowest BCUT2D eigenvalue weighted by molar-refractivity contribution is 0.588. The Labute approximate surface area is 117 Å². The molecule has 2 rings (SSSR count). The van der Waals surface area contributed by atoms with E-state index in [9.17, 15) is 0 Å². The standard InChI is InChI=1S/C16H27N3/c1-5-15-8-14(10-17-12(2)3)9-16(18-15)19-7-6-13(4)11-19/h8-9,12-13,17H,5-7,10-11H2,1-4H3. The summed E-state index contributed by atoms with van der Waals surface area (Å²) >= 11 is 0. The van der Waals surface area contributed by atoms with Crippen LogP contribution in [0.15, 0.2) is 12.1 Å². The van der Waals surface area contributed by atoms with Gasteiger partial charge >= 0.3 is 0 Å². The summed E-state index contributed by atoms with van der Waals surface area (Å²) in [4.78, 5) is 7.23. The molecular formula is C16H27N3. The SMILES string of the molecule is CCc1cc(CNC(C)C)cc(N2CCC(C)C2)n1. The van der Waals surface area contributed by atoms with Crippen molar-refractivity contribution in [3.05, 3.63) is 23.4 Å². The first-order valence-electron chi connectivity index (χ1n) is 7.56. The molecule has 1 aromatic heterocycles. The lowest BCUT2D eigenvalue weighted by Gasteiger charge is -2.19. The third kappa shape index (κ3) is 3.93. The summed E-state index contributed by atoms with van der Waals surface area (Å²) in [5.74, 6) is 1.97. The maximum Gasteiger partial charge on any atom is 0.129 e. The third-order valence-corrected chi connectivity index (χ3v) is 3.75. The molecule has 1 aliphatic rings. The Morgan fingerprint density at radius 1 is 1.42 bits per heavy atom. The summed E-state index contributed by atoms with van der Waals surface area (Å²) < 4.78 is 0. The maximum atomic E-state index is 4.79. The van der Waals surface area contributed by atoms with E-state index in [1.807, 2.05) is 0 Å². The molecule has 0 aromatic carbocycles. The van der Waals surface area contributed by atoms with Gasteiger partial charge in [-0.2, -0.15) is 0 Å². The van der Waals surface area contributed by atoms with Crippen LogP contribution in [-0.2, 0) is 13.0 Å². The van der Waals surface area contributed by atoms with E-state index in [2.05, 4.69) is 50.0 Å². The molecule has 0 amide bonds. The predicted molar refractivity (Wildman–Crippen MR) is 81.6 cm³/mol. The van der Waals surface area contributed by atoms with E-state index in [0.717, 1.165) is 32.0 Å². The smallest absolute Gasteiger partial charge is 0.129 e. The summed E-state index contributed by atoms with van der Waals surface area (Å²) in [5.41, 5.74) is 2.56. The van der Waals surface area contributed by atoms with Crippen LogP contribution in [0, 0.1) is 5.92 Å². The summed E-state index contributed by atoms with van der Waals surface area (Å²) in [6.45, 7) is 12.1. The van der Waals surface area contributed by atoms with Crippen molar-refractivity contribution in [1.29, 1.82) is 0 Å². The van der Waals surface area contributed by atoms with Crippen molar-refractivity contribution in [2.45, 2.75) is 53.1 Å². The van der Waals surface area contributed by atoms with E-state index < -0.39 is 0 Å². The highest BCUT2D eigenvalue weighted by Gasteiger charge is 2.20. The summed E-state index contributed by atoms with van der Waals surface area (Å²) in [6.07, 6.45) is 2.30. The molecule has 1 aromatic rings. The first kappa shape index (κ1) is 14.3. The molecule has 3 heteroatoms. The highest BCUT2D eigenvalue weighted by atomic mass is 15.2. The van der Waals surface area contributed by atoms with Crippen molar-refractivity contribution < 1.29 is 0 Å². The predicted octanol–water partition coefficient (Wildman–Crippen LogP) is 2.99. The Morgan fingerprint density at radius 3 is 2.79 bits per heavy atom. The third-order valence-electron chi connectivity index (χ3n) is 3.75. The molecular weight excluding hydrogens is 234 g/mol. The Hall–Kier alpha value is -1.09. The molecule has 1 N–H and O–H groups in total. The lowest BCUT2D eigenvalue weighted by atomic mass is 10.1. The normalized spacial score (nSPS) is 19.4. The number of anilines is 1. The van der Waals surface area contributed by atoms with Crippen LogP contribution in [0.25, 0.3) is 0 Å². The highest BCUT2D eigenvalue weighted by Crippen LogP contribution is 2.23. The first-order valence-corrected chi connectivity index (χ1v) is 7.56. The molecule has 1 saturated heterocycles. The Bertz CT molecular complexity index is 414. The number of hydrogen-bond acceptors (Lipinski definition) is 3. The van der Waals surface area contributed by atoms with Crippen molar-refractivity contribution in [2.75, 3.05) is 18.0 Å². The summed E-state index contributed by atoms with van der Waals surface area (Å²) in [6, 6.07) is 5.01. The maximum absolute atomic E-state index is 4.79. The fraction of sp³-hybridized carbons (Fsp3) is 0.688. The van der Waals surface area contributed by atoms with Gasteiger partial charge in [0.2, 0.25) is 0 Å². The van der Waals surface area contributed by atoms with Gasteiger partial charge in [0.05, 0.1) is 0 Å². The van der Waals surface area contributed by atoms with Gasteiger partial charge < -0.3 is 10.2 Å². The number of aromatic nitrogens is 1. The zero-order valence-corrected chi connectivity index (χ0v) is 12.7. The molecule has 1 fully saturated rings. The first-order chi connectivity index (χ1) is 9.08. The van der Waals surface area contributed by atoms with Gasteiger partial charge in [0.1, 0.15) is 5.82 Å². The average molecular weight is 261 g/mol. The zero-order chi connectivity index (χ0) is 13.8. The van der Waals surface area contributed by atoms with Gasteiger partial charge in [-0.3, -0.25) is 0 Å². The van der Waals surface area contributed by atoms with E-state index in [1.165, 1.54) is 23.5 Å². The second-order valence-electron chi connectivity index (χ2n) is 6.05. The molecule has 1 unspecified atom stereocenters. The Kier molecular flexibility index (Phi) is 4.81. The van der Waals surface area contributed by atoms with Crippen LogP contribution in [0.5, 0.6) is 0 Å². The van der Waals surface area contributed by atoms with E-state index in [-0.39, 0.29) is 0 Å². The highest BCUT2D eigenvalue weighted by molar-refractivity contribution is 5.44. The second kappa shape index (κ2) is 6.38. The van der Waals surface area contributed by atoms with Crippen LogP contribution in [-0.4, -0.2) is 24.1 Å². The molecule has 2 heterocycles. The van der Waals surface area contributed by atoms with E-state index >= 15 is 0 Å². The van der Waals surface area contributed by atoms with E-state index in [1.54, 1.807) is 0 Å². The van der Waals surface area contributed by atoms with Crippen LogP contribution < -0.4 is 10.2 Å². The zero-order valence-electron chi connectivity index (χ0n) is 12.7. The van der Waals surface area contributed by atoms with Crippen LogP contribution in [0.3, 0.4) is 0 Å². The Morgan fingerprint density at radius 2 is 2.21 bits per heavy atom. The molecule has 0 radical (unpaired) electrons. The molecule has 0 saturated carbocycles. The topological polar surface area (TPSA) is 28.2 Å². The molecule has 106 valence electrons. The fourth-order valence-electron chi connectivity index (χ4n) is 2.54. The number of aryl methyl sites for hydroxylation is 1. The van der Waals surface area contributed by atoms with Crippen molar-refractivity contribution >= 4 is 5.82 Å². The van der Waals surface area contributed by atoms with Gasteiger partial charge in [0.15, 0.2) is 0 Å². The monoisotopic (exact) mass is 261 g/mol. The van der Waals surface area contributed by atoms with Gasteiger partial charge in [-0.05, 0) is 36.5 Å². The van der Waals surface area contributed by atoms with Gasteiger partial charge in [0, 0.05) is 31.4 Å². The van der Waals surface area contributed by atoms with Crippen molar-refractivity contribution in [3.8, 4) is 0 Å². The van der Waals surface area contributed by atoms with Gasteiger partial charge in [-0.25, -0.2) is 4.98 Å². The minimum Gasteiger partial charge on any atom is -0.356 e. The van der Waals surface area contributed by atoms with Crippen molar-refractivity contribution in [2.24, 2.45) is 5.92 Å². The molecule has 0 spiro atoms. The van der Waals surface area contributed by atoms with Gasteiger partial charge in [-0.15, -0.1) is 0 Å². The molecule has 3 nitrogen and oxygen atoms in total. The number of rotatable bonds is 5. The number of hydrogen-bond donors (Lipinski definition) is 1. The number of nitrogens with one attached hydrogen (secondary N) is 1. The minimum absolute atomic E-state index is 0.522. The van der Waals surface area contributed by atoms with Crippen LogP contribution in [0.1, 0.15) is 45.4 Å². The van der Waals surface area contributed by atoms with Crippen LogP contribution >= 0.6 is 0 Å². The molecule has 0 bridgehead atoms. The number of nitrogens with zero attached hydrogens (tertiary/aromatic N) is 2. The van der Waals surface area contributed by atoms with Crippen LogP contribution in [0.4, 0.5) is 5.82 Å². The summed E-state index contributed by atoms with van der Waals surface area (Å²) in [7, 11) is 0. The quantitative estimate of drug-likeness (QED) is 0.883. The van der Waals surface area contributed by atoms with Crippen LogP contribution in [0.2, 0.25) is 0 Å². The average Bonchev–Trinajstić information content (AvgIpc) is 2.82. The molecule has 19 heavy (non-hydrogen) atoms. The fourth-order valence-corrected chi connectivity index (χ4v) is 2.54. The van der Waals surface area contributed by atoms with Crippen molar-refractivity contribution in [1.82, 2.24) is 10.3 Å². The van der Waals surface area contributed by atoms with Gasteiger partial charge in [-0.1, -0.05) is 27.7 Å². The summed E-state index contributed by atoms with van der Waals surface area (Å²) in [5, 5.41) is 3.49. The van der Waals surface area contributed by atoms with Gasteiger partial charge in [0.25, 0.3) is 0 Å². The van der Waals surface area contributed by atoms with Crippen molar-refractivity contribution in [3.63, 3.8) is 0 Å². The molecule has 1 atom stereocenters. The largest absolute Gasteiger partial charge is 0.356 e. The molecule has 0 aliphatic carbocycles. The van der Waals surface area contributed by atoms with E-state index in [0.29, 0.717) is 6.04 Å². The second-order valence-corrected chi connectivity index (χ2v) is 6.05. The lowest BCUT2D eigenvalue weighted by Crippen LogP contribution is -2.24.